The van der Waals surface area contributed by atoms with Gasteiger partial charge in [0.25, 0.3) is 5.91 Å². The first kappa shape index (κ1) is 34.8. The molecule has 5 aliphatic rings. The minimum atomic E-state index is -1.19. The maximum atomic E-state index is 15.8. The second kappa shape index (κ2) is 14.6. The van der Waals surface area contributed by atoms with Gasteiger partial charge in [-0.2, -0.15) is 0 Å². The van der Waals surface area contributed by atoms with E-state index >= 15 is 4.39 Å². The first-order chi connectivity index (χ1) is 24.1. The summed E-state index contributed by atoms with van der Waals surface area (Å²) in [5.41, 5.74) is 2.83. The Labute approximate surface area is 301 Å². The minimum absolute atomic E-state index is 0.0123. The van der Waals surface area contributed by atoms with Crippen LogP contribution in [0.3, 0.4) is 0 Å². The van der Waals surface area contributed by atoms with Crippen LogP contribution in [0.4, 0.5) is 15.8 Å². The minimum Gasteiger partial charge on any atom is -0.478 e. The highest BCUT2D eigenvalue weighted by Gasteiger charge is 2.36. The molecule has 5 heterocycles. The van der Waals surface area contributed by atoms with E-state index in [1.807, 2.05) is 6.07 Å². The van der Waals surface area contributed by atoms with Gasteiger partial charge in [0.1, 0.15) is 11.6 Å². The lowest BCUT2D eigenvalue weighted by Gasteiger charge is -2.41. The summed E-state index contributed by atoms with van der Waals surface area (Å²) in [5.74, 6) is -1.51. The molecule has 0 saturated carbocycles. The largest absolute Gasteiger partial charge is 0.478 e. The predicted molar refractivity (Wildman–Crippen MR) is 190 cm³/mol. The van der Waals surface area contributed by atoms with E-state index in [4.69, 9.17) is 37.4 Å². The van der Waals surface area contributed by atoms with Crippen molar-refractivity contribution in [2.24, 2.45) is 5.92 Å². The molecule has 3 aromatic carbocycles. The van der Waals surface area contributed by atoms with Gasteiger partial charge in [0.15, 0.2) is 6.73 Å². The van der Waals surface area contributed by atoms with Gasteiger partial charge in [-0.05, 0) is 49.9 Å². The van der Waals surface area contributed by atoms with Gasteiger partial charge >= 0.3 is 5.97 Å². The lowest BCUT2D eigenvalue weighted by atomic mass is 9.92. The van der Waals surface area contributed by atoms with E-state index in [0.29, 0.717) is 55.0 Å². The fraction of sp³-hybridized carbons (Fsp3) is 0.459. The summed E-state index contributed by atoms with van der Waals surface area (Å²) in [6, 6.07) is 12.0. The molecule has 0 spiro atoms. The molecule has 3 atom stereocenters. The molecule has 5 aliphatic heterocycles. The number of amides is 1. The summed E-state index contributed by atoms with van der Waals surface area (Å²) in [6.45, 7) is 8.03. The van der Waals surface area contributed by atoms with Crippen LogP contribution in [0.1, 0.15) is 46.0 Å². The number of benzene rings is 3. The Balaban J connectivity index is 1.12. The van der Waals surface area contributed by atoms with Gasteiger partial charge in [0.2, 0.25) is 0 Å². The molecule has 1 amide bonds. The van der Waals surface area contributed by atoms with Crippen LogP contribution in [0.25, 0.3) is 11.1 Å². The fourth-order valence-corrected chi connectivity index (χ4v) is 8.38. The molecule has 2 bridgehead atoms. The molecule has 13 heteroatoms. The summed E-state index contributed by atoms with van der Waals surface area (Å²) in [6.07, 6.45) is 1.89. The lowest BCUT2D eigenvalue weighted by Crippen LogP contribution is -2.52. The highest BCUT2D eigenvalue weighted by atomic mass is 35.5. The Morgan fingerprint density at radius 2 is 1.84 bits per heavy atom. The molecule has 0 radical (unpaired) electrons. The first-order valence-electron chi connectivity index (χ1n) is 17.1. The highest BCUT2D eigenvalue weighted by Crippen LogP contribution is 2.42. The molecule has 10 nitrogen and oxygen atoms in total. The quantitative estimate of drug-likeness (QED) is 0.289. The Morgan fingerprint density at radius 1 is 1.04 bits per heavy atom. The van der Waals surface area contributed by atoms with Gasteiger partial charge in [0, 0.05) is 68.3 Å². The highest BCUT2D eigenvalue weighted by molar-refractivity contribution is 6.40. The average Bonchev–Trinajstić information content (AvgIpc) is 3.46. The van der Waals surface area contributed by atoms with Crippen LogP contribution < -0.4 is 14.5 Å². The maximum absolute atomic E-state index is 15.8. The van der Waals surface area contributed by atoms with Gasteiger partial charge in [0.05, 0.1) is 59.3 Å². The number of halogens is 3. The summed E-state index contributed by atoms with van der Waals surface area (Å²) in [7, 11) is 1.70. The second-order valence-corrected chi connectivity index (χ2v) is 14.4. The van der Waals surface area contributed by atoms with Crippen LogP contribution in [0.2, 0.25) is 10.0 Å². The van der Waals surface area contributed by atoms with E-state index in [1.165, 1.54) is 4.90 Å². The zero-order chi connectivity index (χ0) is 35.1. The van der Waals surface area contributed by atoms with Crippen molar-refractivity contribution in [3.05, 3.63) is 75.0 Å². The van der Waals surface area contributed by atoms with E-state index in [2.05, 4.69) is 21.6 Å². The Kier molecular flexibility index (Phi) is 10.1. The van der Waals surface area contributed by atoms with Crippen LogP contribution >= 0.6 is 23.2 Å². The molecule has 4 fully saturated rings. The Hall–Kier alpha value is -3.61. The zero-order valence-corrected chi connectivity index (χ0v) is 29.7. The average molecular weight is 728 g/mol. The van der Waals surface area contributed by atoms with Gasteiger partial charge in [-0.3, -0.25) is 9.69 Å². The second-order valence-electron chi connectivity index (χ2n) is 13.6. The number of anilines is 2. The van der Waals surface area contributed by atoms with Crippen molar-refractivity contribution >= 4 is 46.5 Å². The molecule has 266 valence electrons. The molecule has 1 N–H and O–H groups in total. The van der Waals surface area contributed by atoms with Crippen LogP contribution in [0, 0.1) is 11.7 Å². The van der Waals surface area contributed by atoms with Gasteiger partial charge in [-0.15, -0.1) is 0 Å². The van der Waals surface area contributed by atoms with Crippen LogP contribution in [0.5, 0.6) is 5.75 Å². The van der Waals surface area contributed by atoms with Gasteiger partial charge in [-0.25, -0.2) is 9.18 Å². The van der Waals surface area contributed by atoms with E-state index in [-0.39, 0.29) is 57.9 Å². The third-order valence-corrected chi connectivity index (χ3v) is 11.0. The molecule has 4 saturated heterocycles. The topological polar surface area (TPSA) is 95.0 Å². The number of piperidine rings is 1. The van der Waals surface area contributed by atoms with Crippen molar-refractivity contribution in [1.29, 1.82) is 0 Å². The van der Waals surface area contributed by atoms with Crippen LogP contribution in [0.15, 0.2) is 42.5 Å². The third kappa shape index (κ3) is 6.74. The standard InChI is InChI=1S/C37H41Cl2FN4O6/c1-22-16-42(9-8-41(22)10-11-48-2)26-12-30(38)34(31(39)13-26)36(45)43-18-24-4-3-5-27(35(24)50-21-43)28-15-33(29(37(46)47)14-32(28)40)44-17-23-6-7-25(44)20-49-19-23/h3-5,12-15,22-23,25H,6-11,16-21H2,1-2H3,(H,46,47)/t22-,23?,25?/m0/s1. The Bertz CT molecular complexity index is 1770. The number of carboxylic acid groups (broad SMARTS) is 1. The Morgan fingerprint density at radius 3 is 2.58 bits per heavy atom. The monoisotopic (exact) mass is 726 g/mol. The number of hydrogen-bond donors (Lipinski definition) is 1. The number of fused-ring (bicyclic) bond motifs is 5. The van der Waals surface area contributed by atoms with Crippen molar-refractivity contribution < 1.29 is 33.3 Å². The van der Waals surface area contributed by atoms with Crippen LogP contribution in [-0.2, 0) is 16.0 Å². The van der Waals surface area contributed by atoms with Crippen molar-refractivity contribution in [3.63, 3.8) is 0 Å². The molecule has 3 aromatic rings. The van der Waals surface area contributed by atoms with E-state index in [0.717, 1.165) is 50.8 Å². The first-order valence-corrected chi connectivity index (χ1v) is 17.8. The van der Waals surface area contributed by atoms with Crippen molar-refractivity contribution in [3.8, 4) is 16.9 Å². The number of ether oxygens (including phenoxy) is 3. The third-order valence-electron chi connectivity index (χ3n) is 10.4. The number of nitrogens with zero attached hydrogens (tertiary/aromatic N) is 4. The summed E-state index contributed by atoms with van der Waals surface area (Å²) in [5, 5.41) is 10.6. The smallest absolute Gasteiger partial charge is 0.337 e. The van der Waals surface area contributed by atoms with Crippen molar-refractivity contribution in [2.75, 3.05) is 76.2 Å². The summed E-state index contributed by atoms with van der Waals surface area (Å²) < 4.78 is 33.0. The molecule has 0 aliphatic carbocycles. The number of aromatic carboxylic acids is 1. The van der Waals surface area contributed by atoms with Gasteiger partial charge in [-0.1, -0.05) is 41.4 Å². The van der Waals surface area contributed by atoms with E-state index in [9.17, 15) is 14.7 Å². The van der Waals surface area contributed by atoms with Gasteiger partial charge < -0.3 is 34.0 Å². The molecular formula is C37H41Cl2FN4O6. The number of hydrogen-bond acceptors (Lipinski definition) is 8. The fourth-order valence-electron chi connectivity index (χ4n) is 7.75. The number of carbonyl (C=O) groups is 2. The molecular weight excluding hydrogens is 686 g/mol. The number of piperazine rings is 1. The molecule has 50 heavy (non-hydrogen) atoms. The number of para-hydroxylation sites is 1. The van der Waals surface area contributed by atoms with Crippen molar-refractivity contribution in [1.82, 2.24) is 9.80 Å². The lowest BCUT2D eigenvalue weighted by molar-refractivity contribution is 0.0516. The van der Waals surface area contributed by atoms with E-state index in [1.54, 1.807) is 37.4 Å². The molecule has 8 rings (SSSR count). The van der Waals surface area contributed by atoms with Crippen molar-refractivity contribution in [2.45, 2.75) is 38.4 Å². The van der Waals surface area contributed by atoms with E-state index < -0.39 is 11.8 Å². The normalized spacial score (nSPS) is 22.3. The molecule has 2 unspecified atom stereocenters. The molecule has 0 aromatic heterocycles. The number of rotatable bonds is 8. The zero-order valence-electron chi connectivity index (χ0n) is 28.2. The number of carboxylic acids is 1. The summed E-state index contributed by atoms with van der Waals surface area (Å²) in [4.78, 5) is 34.3. The maximum Gasteiger partial charge on any atom is 0.337 e. The predicted octanol–water partition coefficient (Wildman–Crippen LogP) is 6.26. The van der Waals surface area contributed by atoms with Crippen LogP contribution in [-0.4, -0.2) is 105 Å². The SMILES string of the molecule is COCCN1CCN(c2cc(Cl)c(C(=O)N3COc4c(cccc4-c4cc(N5CC6CCC5COC6)c(C(=O)O)cc4F)C3)c(Cl)c2)C[C@@H]1C. The number of methoxy groups -OCH3 is 1. The number of carbonyl (C=O) groups excluding carboxylic acids is 1. The summed E-state index contributed by atoms with van der Waals surface area (Å²) >= 11 is 13.5.